The van der Waals surface area contributed by atoms with Crippen LogP contribution in [0.5, 0.6) is 11.5 Å². The molecule has 0 bridgehead atoms. The van der Waals surface area contributed by atoms with Crippen LogP contribution in [0.4, 0.5) is 0 Å². The summed E-state index contributed by atoms with van der Waals surface area (Å²) in [4.78, 5) is 22.3. The van der Waals surface area contributed by atoms with Crippen molar-refractivity contribution in [1.82, 2.24) is 0 Å². The second kappa shape index (κ2) is 7.53. The van der Waals surface area contributed by atoms with E-state index < -0.39 is 48.1 Å². The zero-order valence-electron chi connectivity index (χ0n) is 14.1. The Morgan fingerprint density at radius 1 is 1.11 bits per heavy atom. The fourth-order valence-electron chi connectivity index (χ4n) is 2.67. The number of carbonyl (C=O) groups excluding carboxylic acids is 1. The largest absolute Gasteiger partial charge is 0.502 e. The molecule has 0 aliphatic carbocycles. The van der Waals surface area contributed by atoms with Crippen molar-refractivity contribution in [3.63, 3.8) is 0 Å². The van der Waals surface area contributed by atoms with Gasteiger partial charge in [-0.1, -0.05) is 0 Å². The molecule has 0 spiro atoms. The van der Waals surface area contributed by atoms with Crippen LogP contribution in [0, 0.1) is 0 Å². The van der Waals surface area contributed by atoms with Gasteiger partial charge in [0.2, 0.25) is 12.0 Å². The van der Waals surface area contributed by atoms with E-state index >= 15 is 0 Å². The summed E-state index contributed by atoms with van der Waals surface area (Å²) >= 11 is 0. The highest BCUT2D eigenvalue weighted by Crippen LogP contribution is 2.35. The Labute approximate surface area is 152 Å². The Hall–Kier alpha value is -2.66. The molecular weight excluding hydrogens is 364 g/mol. The van der Waals surface area contributed by atoms with E-state index in [1.54, 1.807) is 0 Å². The standard InChI is InChI=1S/C17H18O10/c1-7(18)24-6-10-12(20)14(22)15(23)17(26-10)25-9-4-2-8-3-5-11(19)27-16(8)13(9)21/h2-5,10,12,14-15,17,20-23H,6H2,1H3/t10-,12-,14+,15-,17-/m0/s1. The first kappa shape index (κ1) is 19.1. The lowest BCUT2D eigenvalue weighted by atomic mass is 9.99. The minimum absolute atomic E-state index is 0.123. The molecule has 5 atom stereocenters. The summed E-state index contributed by atoms with van der Waals surface area (Å²) < 4.78 is 20.5. The van der Waals surface area contributed by atoms with Gasteiger partial charge in [0.15, 0.2) is 11.3 Å². The fraction of sp³-hybridized carbons (Fsp3) is 0.412. The number of phenols is 1. The zero-order valence-corrected chi connectivity index (χ0v) is 14.1. The number of aliphatic hydroxyl groups excluding tert-OH is 3. The van der Waals surface area contributed by atoms with Crippen LogP contribution in [0.1, 0.15) is 6.92 Å². The zero-order chi connectivity index (χ0) is 19.7. The van der Waals surface area contributed by atoms with E-state index in [1.807, 2.05) is 0 Å². The van der Waals surface area contributed by atoms with Crippen LogP contribution in [0.2, 0.25) is 0 Å². The summed E-state index contributed by atoms with van der Waals surface area (Å²) in [5, 5.41) is 40.7. The number of rotatable bonds is 4. The van der Waals surface area contributed by atoms with Gasteiger partial charge in [-0.15, -0.1) is 0 Å². The highest BCUT2D eigenvalue weighted by Gasteiger charge is 2.45. The number of hydrogen-bond donors (Lipinski definition) is 4. The SMILES string of the molecule is CC(=O)OC[C@@H]1O[C@H](Oc2ccc3ccc(=O)oc3c2O)[C@@H](O)[C@H](O)[C@H]1O. The van der Waals surface area contributed by atoms with Crippen molar-refractivity contribution >= 4 is 16.9 Å². The molecule has 1 aromatic carbocycles. The molecule has 1 aromatic heterocycles. The smallest absolute Gasteiger partial charge is 0.336 e. The van der Waals surface area contributed by atoms with E-state index in [0.717, 1.165) is 6.92 Å². The maximum absolute atomic E-state index is 11.4. The molecule has 2 heterocycles. The molecule has 4 N–H and O–H groups in total. The van der Waals surface area contributed by atoms with Gasteiger partial charge in [-0.25, -0.2) is 4.79 Å². The summed E-state index contributed by atoms with van der Waals surface area (Å²) in [6.45, 7) is 0.786. The molecule has 3 rings (SSSR count). The number of esters is 1. The third kappa shape index (κ3) is 3.88. The average molecular weight is 382 g/mol. The Bertz CT molecular complexity index is 891. The lowest BCUT2D eigenvalue weighted by Crippen LogP contribution is -2.60. The van der Waals surface area contributed by atoms with Crippen LogP contribution in [0.3, 0.4) is 0 Å². The van der Waals surface area contributed by atoms with Gasteiger partial charge in [0.05, 0.1) is 0 Å². The van der Waals surface area contributed by atoms with Crippen molar-refractivity contribution in [2.75, 3.05) is 6.61 Å². The van der Waals surface area contributed by atoms with Gasteiger partial charge < -0.3 is 39.1 Å². The lowest BCUT2D eigenvalue weighted by Gasteiger charge is -2.39. The van der Waals surface area contributed by atoms with Crippen LogP contribution in [0.15, 0.2) is 33.5 Å². The van der Waals surface area contributed by atoms with Crippen molar-refractivity contribution in [2.24, 2.45) is 0 Å². The first-order chi connectivity index (χ1) is 12.8. The van der Waals surface area contributed by atoms with Crippen LogP contribution < -0.4 is 10.4 Å². The third-order valence-corrected chi connectivity index (χ3v) is 4.09. The number of carbonyl (C=O) groups is 1. The monoisotopic (exact) mass is 382 g/mol. The van der Waals surface area contributed by atoms with E-state index in [0.29, 0.717) is 5.39 Å². The molecule has 10 heteroatoms. The minimum atomic E-state index is -1.66. The first-order valence-corrected chi connectivity index (χ1v) is 8.03. The van der Waals surface area contributed by atoms with Gasteiger partial charge in [-0.2, -0.15) is 0 Å². The maximum Gasteiger partial charge on any atom is 0.336 e. The number of hydrogen-bond acceptors (Lipinski definition) is 10. The number of phenolic OH excluding ortho intramolecular Hbond substituents is 1. The van der Waals surface area contributed by atoms with Crippen LogP contribution in [-0.4, -0.2) is 63.7 Å². The average Bonchev–Trinajstić information content (AvgIpc) is 2.63. The molecule has 0 amide bonds. The predicted octanol–water partition coefficient (Wildman–Crippen LogP) is -0.752. The Balaban J connectivity index is 1.84. The van der Waals surface area contributed by atoms with Crippen LogP contribution in [0.25, 0.3) is 11.0 Å². The molecule has 0 unspecified atom stereocenters. The summed E-state index contributed by atoms with van der Waals surface area (Å²) in [6.07, 6.45) is -7.50. The molecule has 2 aromatic rings. The van der Waals surface area contributed by atoms with Crippen LogP contribution >= 0.6 is 0 Å². The Morgan fingerprint density at radius 2 is 1.81 bits per heavy atom. The topological polar surface area (TPSA) is 156 Å². The normalized spacial score (nSPS) is 28.1. The number of benzene rings is 1. The molecular formula is C17H18O10. The number of aromatic hydroxyl groups is 1. The van der Waals surface area contributed by atoms with Crippen LogP contribution in [-0.2, 0) is 14.3 Å². The first-order valence-electron chi connectivity index (χ1n) is 8.03. The van der Waals surface area contributed by atoms with E-state index in [-0.39, 0.29) is 17.9 Å². The molecule has 146 valence electrons. The fourth-order valence-corrected chi connectivity index (χ4v) is 2.67. The van der Waals surface area contributed by atoms with Crippen molar-refractivity contribution in [3.05, 3.63) is 34.7 Å². The predicted molar refractivity (Wildman–Crippen MR) is 88.1 cm³/mol. The summed E-state index contributed by atoms with van der Waals surface area (Å²) in [7, 11) is 0. The minimum Gasteiger partial charge on any atom is -0.502 e. The molecule has 0 saturated carbocycles. The molecule has 1 fully saturated rings. The lowest BCUT2D eigenvalue weighted by molar-refractivity contribution is -0.278. The number of aliphatic hydroxyl groups is 3. The molecule has 10 nitrogen and oxygen atoms in total. The van der Waals surface area contributed by atoms with Gasteiger partial charge in [-0.05, 0) is 18.2 Å². The highest BCUT2D eigenvalue weighted by molar-refractivity contribution is 5.84. The van der Waals surface area contributed by atoms with E-state index in [1.165, 1.54) is 24.3 Å². The molecule has 27 heavy (non-hydrogen) atoms. The molecule has 1 aliphatic rings. The summed E-state index contributed by atoms with van der Waals surface area (Å²) in [6, 6.07) is 5.50. The van der Waals surface area contributed by atoms with Crippen molar-refractivity contribution in [2.45, 2.75) is 37.6 Å². The third-order valence-electron chi connectivity index (χ3n) is 4.09. The second-order valence-electron chi connectivity index (χ2n) is 6.02. The summed E-state index contributed by atoms with van der Waals surface area (Å²) in [5.41, 5.74) is -0.800. The van der Waals surface area contributed by atoms with Gasteiger partial charge in [0.25, 0.3) is 0 Å². The Kier molecular flexibility index (Phi) is 5.33. The number of fused-ring (bicyclic) bond motifs is 1. The molecule has 1 aliphatic heterocycles. The van der Waals surface area contributed by atoms with Gasteiger partial charge in [0.1, 0.15) is 31.0 Å². The van der Waals surface area contributed by atoms with E-state index in [4.69, 9.17) is 18.6 Å². The van der Waals surface area contributed by atoms with Gasteiger partial charge in [-0.3, -0.25) is 4.79 Å². The molecule has 1 saturated heterocycles. The van der Waals surface area contributed by atoms with Crippen molar-refractivity contribution < 1.29 is 43.8 Å². The van der Waals surface area contributed by atoms with E-state index in [9.17, 15) is 30.0 Å². The molecule has 0 radical (unpaired) electrons. The number of ether oxygens (including phenoxy) is 3. The maximum atomic E-state index is 11.4. The summed E-state index contributed by atoms with van der Waals surface area (Å²) in [5.74, 6) is -1.31. The van der Waals surface area contributed by atoms with Gasteiger partial charge >= 0.3 is 11.6 Å². The van der Waals surface area contributed by atoms with Crippen molar-refractivity contribution in [3.8, 4) is 11.5 Å². The van der Waals surface area contributed by atoms with Gasteiger partial charge in [0, 0.05) is 18.4 Å². The highest BCUT2D eigenvalue weighted by atomic mass is 16.7. The van der Waals surface area contributed by atoms with Crippen molar-refractivity contribution in [1.29, 1.82) is 0 Å². The quantitative estimate of drug-likeness (QED) is 0.392. The second-order valence-corrected chi connectivity index (χ2v) is 6.02. The Morgan fingerprint density at radius 3 is 2.52 bits per heavy atom. The van der Waals surface area contributed by atoms with E-state index in [2.05, 4.69) is 0 Å².